The molecule has 33 heavy (non-hydrogen) atoms. The van der Waals surface area contributed by atoms with Crippen LogP contribution in [0.5, 0.6) is 5.75 Å². The average molecular weight is 452 g/mol. The topological polar surface area (TPSA) is 123 Å². The van der Waals surface area contributed by atoms with Crippen molar-refractivity contribution in [1.82, 2.24) is 34.6 Å². The van der Waals surface area contributed by atoms with Gasteiger partial charge in [0.25, 0.3) is 5.56 Å². The maximum atomic E-state index is 12.9. The Bertz CT molecular complexity index is 1340. The summed E-state index contributed by atoms with van der Waals surface area (Å²) in [7, 11) is 0. The lowest BCUT2D eigenvalue weighted by atomic mass is 10.1. The van der Waals surface area contributed by atoms with Crippen LogP contribution in [0, 0.1) is 6.92 Å². The molecule has 0 radical (unpaired) electrons. The molecule has 0 atom stereocenters. The summed E-state index contributed by atoms with van der Waals surface area (Å²) in [5.41, 5.74) is 3.92. The van der Waals surface area contributed by atoms with E-state index < -0.39 is 0 Å². The van der Waals surface area contributed by atoms with Crippen LogP contribution in [0.1, 0.15) is 55.7 Å². The molecule has 3 aromatic heterocycles. The fourth-order valence-corrected chi connectivity index (χ4v) is 4.00. The molecule has 0 spiro atoms. The normalized spacial score (nSPS) is 11.4. The molecule has 4 rings (SSSR count). The molecule has 4 aromatic rings. The standard InChI is InChI=1S/C23H29N7O3/c1-5-8-20-24-14(4)21-23(32)25-22(27-30(20)21)16-11-15(9-10-19(16)33-7-3)12-29-18(13-31)17(6-2)26-28-29/h9-11,31H,5-8,12-13H2,1-4H3,(H,25,27,32). The summed E-state index contributed by atoms with van der Waals surface area (Å²) >= 11 is 0. The van der Waals surface area contributed by atoms with Crippen LogP contribution in [-0.2, 0) is 26.0 Å². The number of hydrogen-bond donors (Lipinski definition) is 2. The fourth-order valence-electron chi connectivity index (χ4n) is 4.00. The van der Waals surface area contributed by atoms with Crippen molar-refractivity contribution in [3.05, 3.63) is 57.0 Å². The third-order valence-electron chi connectivity index (χ3n) is 5.55. The number of H-pyrrole nitrogens is 1. The Labute approximate surface area is 191 Å². The van der Waals surface area contributed by atoms with Crippen molar-refractivity contribution in [3.8, 4) is 17.1 Å². The van der Waals surface area contributed by atoms with Gasteiger partial charge in [0.05, 0.1) is 42.4 Å². The van der Waals surface area contributed by atoms with Crippen molar-refractivity contribution in [2.75, 3.05) is 6.61 Å². The molecule has 174 valence electrons. The molecule has 10 heteroatoms. The Morgan fingerprint density at radius 1 is 1.21 bits per heavy atom. The van der Waals surface area contributed by atoms with Crippen molar-refractivity contribution >= 4 is 5.52 Å². The highest BCUT2D eigenvalue weighted by atomic mass is 16.5. The second-order valence-corrected chi connectivity index (χ2v) is 7.84. The lowest BCUT2D eigenvalue weighted by molar-refractivity contribution is 0.268. The lowest BCUT2D eigenvalue weighted by Crippen LogP contribution is -2.16. The van der Waals surface area contributed by atoms with Crippen molar-refractivity contribution in [3.63, 3.8) is 0 Å². The van der Waals surface area contributed by atoms with Crippen molar-refractivity contribution < 1.29 is 9.84 Å². The Hall–Kier alpha value is -3.53. The van der Waals surface area contributed by atoms with Gasteiger partial charge in [-0.15, -0.1) is 10.2 Å². The van der Waals surface area contributed by atoms with Crippen LogP contribution in [0.15, 0.2) is 23.0 Å². The Balaban J connectivity index is 1.83. The molecule has 3 heterocycles. The number of benzene rings is 1. The minimum Gasteiger partial charge on any atom is -0.493 e. The summed E-state index contributed by atoms with van der Waals surface area (Å²) < 4.78 is 9.17. The van der Waals surface area contributed by atoms with E-state index in [4.69, 9.17) is 9.84 Å². The molecule has 0 fully saturated rings. The minimum atomic E-state index is -0.244. The highest BCUT2D eigenvalue weighted by Gasteiger charge is 2.18. The van der Waals surface area contributed by atoms with Gasteiger partial charge in [-0.3, -0.25) is 4.79 Å². The van der Waals surface area contributed by atoms with Gasteiger partial charge < -0.3 is 14.8 Å². The first kappa shape index (κ1) is 22.7. The number of aromatic nitrogens is 7. The van der Waals surface area contributed by atoms with Crippen molar-refractivity contribution in [2.45, 2.75) is 60.1 Å². The second kappa shape index (κ2) is 9.53. The van der Waals surface area contributed by atoms with Crippen LogP contribution in [0.4, 0.5) is 0 Å². The Morgan fingerprint density at radius 3 is 2.73 bits per heavy atom. The van der Waals surface area contributed by atoms with Gasteiger partial charge in [-0.05, 0) is 44.4 Å². The van der Waals surface area contributed by atoms with E-state index in [0.29, 0.717) is 53.6 Å². The number of aryl methyl sites for hydroxylation is 3. The molecule has 10 nitrogen and oxygen atoms in total. The Morgan fingerprint density at radius 2 is 2.03 bits per heavy atom. The van der Waals surface area contributed by atoms with Crippen molar-refractivity contribution in [1.29, 1.82) is 0 Å². The number of hydrogen-bond acceptors (Lipinski definition) is 7. The molecule has 0 saturated carbocycles. The molecule has 0 aliphatic heterocycles. The van der Waals surface area contributed by atoms with Gasteiger partial charge in [0.2, 0.25) is 0 Å². The average Bonchev–Trinajstić information content (AvgIpc) is 3.35. The number of aliphatic hydroxyl groups excluding tert-OH is 1. The SMILES string of the molecule is CCCc1nc(C)c2c(=O)[nH]c(-c3cc(Cn4nnc(CC)c4CO)ccc3OCC)nn12. The summed E-state index contributed by atoms with van der Waals surface area (Å²) in [5.74, 6) is 1.78. The molecule has 1 aromatic carbocycles. The van der Waals surface area contributed by atoms with Gasteiger partial charge in [0.1, 0.15) is 11.6 Å². The predicted molar refractivity (Wildman–Crippen MR) is 123 cm³/mol. The summed E-state index contributed by atoms with van der Waals surface area (Å²) in [6.45, 7) is 8.53. The first-order valence-electron chi connectivity index (χ1n) is 11.3. The van der Waals surface area contributed by atoms with Gasteiger partial charge in [-0.2, -0.15) is 0 Å². The van der Waals surface area contributed by atoms with Crippen molar-refractivity contribution in [2.24, 2.45) is 0 Å². The summed E-state index contributed by atoms with van der Waals surface area (Å²) in [4.78, 5) is 20.4. The summed E-state index contributed by atoms with van der Waals surface area (Å²) in [6, 6.07) is 5.72. The number of rotatable bonds is 9. The largest absolute Gasteiger partial charge is 0.493 e. The van der Waals surface area contributed by atoms with Gasteiger partial charge in [0, 0.05) is 6.42 Å². The fraction of sp³-hybridized carbons (Fsp3) is 0.435. The summed E-state index contributed by atoms with van der Waals surface area (Å²) in [5, 5.41) is 22.9. The number of nitrogens with zero attached hydrogens (tertiary/aromatic N) is 6. The minimum absolute atomic E-state index is 0.133. The van der Waals surface area contributed by atoms with Crippen LogP contribution in [0.3, 0.4) is 0 Å². The molecular formula is C23H29N7O3. The van der Waals surface area contributed by atoms with Gasteiger partial charge >= 0.3 is 0 Å². The van der Waals surface area contributed by atoms with Gasteiger partial charge in [0.15, 0.2) is 11.3 Å². The first-order chi connectivity index (χ1) is 16.0. The van der Waals surface area contributed by atoms with Crippen LogP contribution in [-0.4, -0.2) is 46.3 Å². The molecule has 0 bridgehead atoms. The molecule has 2 N–H and O–H groups in total. The maximum Gasteiger partial charge on any atom is 0.277 e. The molecule has 0 saturated heterocycles. The third-order valence-corrected chi connectivity index (χ3v) is 5.55. The maximum absolute atomic E-state index is 12.9. The summed E-state index contributed by atoms with van der Waals surface area (Å²) in [6.07, 6.45) is 2.31. The first-order valence-corrected chi connectivity index (χ1v) is 11.3. The number of aliphatic hydroxyl groups is 1. The zero-order chi connectivity index (χ0) is 23.5. The second-order valence-electron chi connectivity index (χ2n) is 7.84. The van der Waals surface area contributed by atoms with Gasteiger partial charge in [-0.25, -0.2) is 14.2 Å². The van der Waals surface area contributed by atoms with Crippen LogP contribution < -0.4 is 10.3 Å². The number of fused-ring (bicyclic) bond motifs is 1. The van der Waals surface area contributed by atoms with E-state index in [0.717, 1.165) is 29.9 Å². The quantitative estimate of drug-likeness (QED) is 0.401. The number of nitrogens with one attached hydrogen (secondary N) is 1. The third kappa shape index (κ3) is 4.25. The van der Waals surface area contributed by atoms with Crippen LogP contribution in [0.2, 0.25) is 0 Å². The zero-order valence-corrected chi connectivity index (χ0v) is 19.4. The lowest BCUT2D eigenvalue weighted by Gasteiger charge is -2.13. The number of imidazole rings is 1. The van der Waals surface area contributed by atoms with E-state index in [1.54, 1.807) is 9.20 Å². The molecule has 0 unspecified atom stereocenters. The molecular weight excluding hydrogens is 422 g/mol. The number of aromatic amines is 1. The highest BCUT2D eigenvalue weighted by Crippen LogP contribution is 2.29. The predicted octanol–water partition coefficient (Wildman–Crippen LogP) is 2.44. The zero-order valence-electron chi connectivity index (χ0n) is 19.4. The van der Waals surface area contributed by atoms with E-state index in [2.05, 4.69) is 27.2 Å². The number of ether oxygens (including phenoxy) is 1. The van der Waals surface area contributed by atoms with E-state index in [-0.39, 0.29) is 12.2 Å². The van der Waals surface area contributed by atoms with E-state index in [1.165, 1.54) is 0 Å². The van der Waals surface area contributed by atoms with E-state index in [1.807, 2.05) is 39.0 Å². The molecule has 0 aliphatic rings. The smallest absolute Gasteiger partial charge is 0.277 e. The van der Waals surface area contributed by atoms with Crippen LogP contribution in [0.25, 0.3) is 16.9 Å². The molecule has 0 aliphatic carbocycles. The Kier molecular flexibility index (Phi) is 6.55. The van der Waals surface area contributed by atoms with Gasteiger partial charge in [-0.1, -0.05) is 25.1 Å². The van der Waals surface area contributed by atoms with Crippen LogP contribution >= 0.6 is 0 Å². The van der Waals surface area contributed by atoms with E-state index >= 15 is 0 Å². The monoisotopic (exact) mass is 451 g/mol. The van der Waals surface area contributed by atoms with E-state index in [9.17, 15) is 9.90 Å². The molecule has 0 amide bonds. The highest BCUT2D eigenvalue weighted by molar-refractivity contribution is 5.66.